The number of ether oxygens (including phenoxy) is 1. The lowest BCUT2D eigenvalue weighted by atomic mass is 9.86. The van der Waals surface area contributed by atoms with Gasteiger partial charge in [0.2, 0.25) is 0 Å². The van der Waals surface area contributed by atoms with E-state index in [1.165, 1.54) is 23.0 Å². The lowest BCUT2D eigenvalue weighted by Crippen LogP contribution is -2.61. The second kappa shape index (κ2) is 12.4. The van der Waals surface area contributed by atoms with Crippen molar-refractivity contribution in [1.29, 1.82) is 0 Å². The monoisotopic (exact) mass is 692 g/mol. The molecule has 1 saturated carbocycles. The van der Waals surface area contributed by atoms with Crippen LogP contribution in [0.1, 0.15) is 44.7 Å². The molecule has 6 heterocycles. The molecular weight excluding hydrogens is 651 g/mol. The van der Waals surface area contributed by atoms with E-state index in [-0.39, 0.29) is 33.4 Å². The summed E-state index contributed by atoms with van der Waals surface area (Å²) in [5.41, 5.74) is 2.37. The molecule has 0 unspecified atom stereocenters. The molecule has 13 heteroatoms. The largest absolute Gasteiger partial charge is 0.392 e. The van der Waals surface area contributed by atoms with Crippen LogP contribution >= 0.6 is 0 Å². The van der Waals surface area contributed by atoms with Crippen molar-refractivity contribution < 1.29 is 14.2 Å². The fourth-order valence-corrected chi connectivity index (χ4v) is 7.34. The lowest BCUT2D eigenvalue weighted by Gasteiger charge is -2.48. The van der Waals surface area contributed by atoms with Crippen LogP contribution in [0, 0.1) is 5.82 Å². The van der Waals surface area contributed by atoms with Gasteiger partial charge in [0.1, 0.15) is 17.3 Å². The minimum absolute atomic E-state index is 0.0668. The van der Waals surface area contributed by atoms with Crippen molar-refractivity contribution in [2.24, 2.45) is 7.05 Å². The van der Waals surface area contributed by atoms with Crippen LogP contribution in [0.3, 0.4) is 0 Å². The number of piperazine rings is 1. The molecule has 3 fully saturated rings. The predicted molar refractivity (Wildman–Crippen MR) is 193 cm³/mol. The molecule has 264 valence electrons. The highest BCUT2D eigenvalue weighted by molar-refractivity contribution is 5.83. The zero-order valence-electron chi connectivity index (χ0n) is 29.2. The van der Waals surface area contributed by atoms with Gasteiger partial charge < -0.3 is 24.6 Å². The highest BCUT2D eigenvalue weighted by Crippen LogP contribution is 2.47. The van der Waals surface area contributed by atoms with E-state index in [0.29, 0.717) is 33.9 Å². The molecule has 0 radical (unpaired) electrons. The zero-order chi connectivity index (χ0) is 35.7. The number of rotatable bonds is 7. The Labute approximate surface area is 294 Å². The number of benzene rings is 1. The number of aromatic nitrogens is 5. The van der Waals surface area contributed by atoms with E-state index in [1.54, 1.807) is 31.4 Å². The van der Waals surface area contributed by atoms with E-state index in [4.69, 9.17) is 4.74 Å². The molecule has 2 saturated heterocycles. The van der Waals surface area contributed by atoms with Crippen molar-refractivity contribution in [3.8, 4) is 16.9 Å². The molecule has 0 amide bonds. The molecular formula is C38H41FN8O4. The summed E-state index contributed by atoms with van der Waals surface area (Å²) in [5.74, 6) is -0.0636. The van der Waals surface area contributed by atoms with Gasteiger partial charge in [-0.2, -0.15) is 9.78 Å². The first-order valence-corrected chi connectivity index (χ1v) is 17.3. The molecule has 12 nitrogen and oxygen atoms in total. The van der Waals surface area contributed by atoms with Gasteiger partial charge in [0.15, 0.2) is 5.82 Å². The van der Waals surface area contributed by atoms with Gasteiger partial charge >= 0.3 is 0 Å². The van der Waals surface area contributed by atoms with Crippen molar-refractivity contribution in [2.45, 2.75) is 57.2 Å². The average Bonchev–Trinajstić information content (AvgIpc) is 3.84. The molecule has 0 bridgehead atoms. The Morgan fingerprint density at radius 2 is 1.84 bits per heavy atom. The van der Waals surface area contributed by atoms with Crippen molar-refractivity contribution >= 4 is 28.0 Å². The first-order valence-electron chi connectivity index (χ1n) is 17.3. The third-order valence-electron chi connectivity index (χ3n) is 10.6. The van der Waals surface area contributed by atoms with E-state index in [0.717, 1.165) is 61.6 Å². The Bertz CT molecular complexity index is 2270. The van der Waals surface area contributed by atoms with Gasteiger partial charge in [-0.15, -0.1) is 0 Å². The Balaban J connectivity index is 1.09. The maximum absolute atomic E-state index is 15.4. The van der Waals surface area contributed by atoms with Crippen molar-refractivity contribution in [2.75, 3.05) is 43.1 Å². The number of anilines is 3. The Morgan fingerprint density at radius 3 is 2.51 bits per heavy atom. The quantitative estimate of drug-likeness (QED) is 0.255. The number of hydrogen-bond donors (Lipinski definition) is 2. The number of fused-ring (bicyclic) bond motifs is 1. The third-order valence-corrected chi connectivity index (χ3v) is 10.6. The van der Waals surface area contributed by atoms with Gasteiger partial charge in [0, 0.05) is 55.6 Å². The number of pyridine rings is 3. The molecule has 51 heavy (non-hydrogen) atoms. The van der Waals surface area contributed by atoms with E-state index >= 15 is 4.39 Å². The van der Waals surface area contributed by atoms with Gasteiger partial charge in [-0.05, 0) is 65.8 Å². The highest BCUT2D eigenvalue weighted by atomic mass is 19.1. The number of aliphatic hydroxyl groups excluding tert-OH is 1. The number of halogens is 1. The summed E-state index contributed by atoms with van der Waals surface area (Å²) in [5, 5.41) is 18.4. The van der Waals surface area contributed by atoms with Crippen molar-refractivity contribution in [3.63, 3.8) is 0 Å². The van der Waals surface area contributed by atoms with E-state index < -0.39 is 18.0 Å². The molecule has 5 aromatic rings. The van der Waals surface area contributed by atoms with Gasteiger partial charge in [0.05, 0.1) is 54.9 Å². The summed E-state index contributed by atoms with van der Waals surface area (Å²) < 4.78 is 23.3. The fraction of sp³-hybridized carbons (Fsp3) is 0.395. The van der Waals surface area contributed by atoms with Crippen LogP contribution < -0.4 is 21.3 Å². The summed E-state index contributed by atoms with van der Waals surface area (Å²) in [6.45, 7) is 10.0. The normalized spacial score (nSPS) is 17.6. The standard InChI is InChI=1S/C38H41FN8O4/c1-37(2,3)25-13-23-16-42-47(36(50)33(23)30(39)15-25)34-29(19-48)28(7-10-40-34)24-14-31(35(49)44(4)18-24)43-32-6-5-26(17-41-32)46-12-11-45(27-20-51-21-27)22-38(46)8-9-38/h5-7,10,13-18,27,48H,8-9,11-12,19-22H2,1-4H3,(H,41,43). The third kappa shape index (κ3) is 5.88. The zero-order valence-corrected chi connectivity index (χ0v) is 29.2. The van der Waals surface area contributed by atoms with Crippen LogP contribution in [-0.4, -0.2) is 78.8 Å². The Kier molecular flexibility index (Phi) is 8.04. The van der Waals surface area contributed by atoms with E-state index in [2.05, 4.69) is 30.2 Å². The van der Waals surface area contributed by atoms with E-state index in [9.17, 15) is 14.7 Å². The number of nitrogens with zero attached hydrogens (tertiary/aromatic N) is 7. The van der Waals surface area contributed by atoms with Gasteiger partial charge in [0.25, 0.3) is 11.1 Å². The number of nitrogens with one attached hydrogen (secondary N) is 1. The van der Waals surface area contributed by atoms with Crippen LogP contribution in [0.5, 0.6) is 0 Å². The maximum atomic E-state index is 15.4. The first-order chi connectivity index (χ1) is 24.5. The molecule has 1 aliphatic carbocycles. The van der Waals surface area contributed by atoms with Crippen molar-refractivity contribution in [3.05, 3.63) is 98.8 Å². The second-order valence-corrected chi connectivity index (χ2v) is 15.0. The number of hydrogen-bond acceptors (Lipinski definition) is 10. The maximum Gasteiger partial charge on any atom is 0.283 e. The van der Waals surface area contributed by atoms with Crippen LogP contribution in [0.15, 0.2) is 70.8 Å². The topological polar surface area (TPSA) is 131 Å². The van der Waals surface area contributed by atoms with Crippen LogP contribution in [0.2, 0.25) is 0 Å². The molecule has 1 spiro atoms. The van der Waals surface area contributed by atoms with Crippen LogP contribution in [-0.2, 0) is 23.8 Å². The molecule has 4 aromatic heterocycles. The minimum atomic E-state index is -0.690. The van der Waals surface area contributed by atoms with Crippen molar-refractivity contribution in [1.82, 2.24) is 29.2 Å². The molecule has 2 aliphatic heterocycles. The Hall–Kier alpha value is -4.98. The second-order valence-electron chi connectivity index (χ2n) is 15.0. The molecule has 0 atom stereocenters. The highest BCUT2D eigenvalue weighted by Gasteiger charge is 2.52. The van der Waals surface area contributed by atoms with Gasteiger partial charge in [-0.3, -0.25) is 14.5 Å². The summed E-state index contributed by atoms with van der Waals surface area (Å²) >= 11 is 0. The summed E-state index contributed by atoms with van der Waals surface area (Å²) in [6.07, 6.45) is 8.76. The van der Waals surface area contributed by atoms with E-state index in [1.807, 2.05) is 39.1 Å². The first kappa shape index (κ1) is 33.2. The molecule has 8 rings (SSSR count). The smallest absolute Gasteiger partial charge is 0.283 e. The summed E-state index contributed by atoms with van der Waals surface area (Å²) in [6, 6.07) is 11.0. The molecule has 3 aliphatic rings. The van der Waals surface area contributed by atoms with Gasteiger partial charge in [-0.25, -0.2) is 14.4 Å². The summed E-state index contributed by atoms with van der Waals surface area (Å²) in [4.78, 5) is 41.1. The SMILES string of the molecule is Cn1cc(-c2ccnc(-n3ncc4cc(C(C)(C)C)cc(F)c4c3=O)c2CO)cc(Nc2ccc(N3CCN(C4COC4)CC34CC4)cn2)c1=O. The van der Waals surface area contributed by atoms with Gasteiger partial charge in [-0.1, -0.05) is 20.8 Å². The number of aliphatic hydroxyl groups is 1. The Morgan fingerprint density at radius 1 is 1.04 bits per heavy atom. The van der Waals surface area contributed by atoms with Crippen LogP contribution in [0.4, 0.5) is 21.6 Å². The number of aryl methyl sites for hydroxylation is 1. The fourth-order valence-electron chi connectivity index (χ4n) is 7.34. The average molecular weight is 693 g/mol. The molecule has 1 aromatic carbocycles. The van der Waals surface area contributed by atoms with Crippen LogP contribution in [0.25, 0.3) is 27.7 Å². The predicted octanol–water partition coefficient (Wildman–Crippen LogP) is 4.27. The minimum Gasteiger partial charge on any atom is -0.392 e. The molecule has 2 N–H and O–H groups in total. The lowest BCUT2D eigenvalue weighted by molar-refractivity contribution is -0.0710. The summed E-state index contributed by atoms with van der Waals surface area (Å²) in [7, 11) is 1.64.